The van der Waals surface area contributed by atoms with Gasteiger partial charge < -0.3 is 9.64 Å². The lowest BCUT2D eigenvalue weighted by Crippen LogP contribution is -2.23. The highest BCUT2D eigenvalue weighted by molar-refractivity contribution is 6.29. The smallest absolute Gasteiger partial charge is 0.333 e. The molecule has 94 valence electrons. The van der Waals surface area contributed by atoms with Crippen LogP contribution < -0.4 is 0 Å². The number of aromatic nitrogens is 1. The zero-order valence-corrected chi connectivity index (χ0v) is 10.6. The largest absolute Gasteiger partial charge is 0.456 e. The first kappa shape index (κ1) is 12.6. The fourth-order valence-electron chi connectivity index (χ4n) is 1.71. The fourth-order valence-corrected chi connectivity index (χ4v) is 1.82. The Morgan fingerprint density at radius 2 is 2.39 bits per heavy atom. The summed E-state index contributed by atoms with van der Waals surface area (Å²) in [5.74, 6) is -0.298. The van der Waals surface area contributed by atoms with Crippen molar-refractivity contribution in [3.05, 3.63) is 53.5 Å². The number of cyclic esters (lactones) is 1. The molecule has 0 unspecified atom stereocenters. The molecule has 0 aliphatic carbocycles. The molecule has 0 aromatic carbocycles. The molecule has 0 atom stereocenters. The van der Waals surface area contributed by atoms with Crippen LogP contribution in [0, 0.1) is 0 Å². The van der Waals surface area contributed by atoms with E-state index in [4.69, 9.17) is 16.3 Å². The Morgan fingerprint density at radius 1 is 1.56 bits per heavy atom. The lowest BCUT2D eigenvalue weighted by Gasteiger charge is -2.23. The van der Waals surface area contributed by atoms with Crippen molar-refractivity contribution < 1.29 is 9.53 Å². The van der Waals surface area contributed by atoms with Gasteiger partial charge in [-0.1, -0.05) is 23.7 Å². The van der Waals surface area contributed by atoms with Crippen LogP contribution >= 0.6 is 11.6 Å². The fraction of sp³-hybridized carbons (Fsp3) is 0.231. The maximum atomic E-state index is 11.1. The standard InChI is InChI=1S/C13H13ClN2O2/c1-2-5-16(11-6-13(17)18-9-11)8-10-3-4-12(14)15-7-10/h2-4,6-7H,1,5,8-9H2. The molecule has 1 aliphatic heterocycles. The topological polar surface area (TPSA) is 42.4 Å². The summed E-state index contributed by atoms with van der Waals surface area (Å²) in [7, 11) is 0. The number of esters is 1. The molecule has 0 saturated carbocycles. The Kier molecular flexibility index (Phi) is 3.99. The van der Waals surface area contributed by atoms with Crippen LogP contribution in [-0.2, 0) is 16.1 Å². The summed E-state index contributed by atoms with van der Waals surface area (Å²) in [5, 5.41) is 0.465. The van der Waals surface area contributed by atoms with E-state index in [0.29, 0.717) is 24.8 Å². The molecular formula is C13H13ClN2O2. The number of carbonyl (C=O) groups is 1. The van der Waals surface area contributed by atoms with E-state index in [1.165, 1.54) is 6.08 Å². The van der Waals surface area contributed by atoms with E-state index in [0.717, 1.165) is 11.3 Å². The Labute approximate surface area is 111 Å². The maximum absolute atomic E-state index is 11.1. The van der Waals surface area contributed by atoms with Crippen LogP contribution in [0.4, 0.5) is 0 Å². The van der Waals surface area contributed by atoms with E-state index in [9.17, 15) is 4.79 Å². The van der Waals surface area contributed by atoms with Crippen molar-refractivity contribution in [1.29, 1.82) is 0 Å². The third kappa shape index (κ3) is 3.11. The highest BCUT2D eigenvalue weighted by Crippen LogP contribution is 2.16. The minimum absolute atomic E-state index is 0.298. The SMILES string of the molecule is C=CCN(Cc1ccc(Cl)nc1)C1=CC(=O)OC1. The van der Waals surface area contributed by atoms with Crippen molar-refractivity contribution in [3.8, 4) is 0 Å². The van der Waals surface area contributed by atoms with E-state index >= 15 is 0 Å². The van der Waals surface area contributed by atoms with Gasteiger partial charge >= 0.3 is 5.97 Å². The summed E-state index contributed by atoms with van der Waals surface area (Å²) in [5.41, 5.74) is 1.87. The molecule has 1 aliphatic rings. The lowest BCUT2D eigenvalue weighted by molar-refractivity contribution is -0.135. The monoisotopic (exact) mass is 264 g/mol. The number of hydrogen-bond acceptors (Lipinski definition) is 4. The zero-order chi connectivity index (χ0) is 13.0. The van der Waals surface area contributed by atoms with Crippen molar-refractivity contribution in [1.82, 2.24) is 9.88 Å². The summed E-state index contributed by atoms with van der Waals surface area (Å²) in [6, 6.07) is 3.65. The first-order chi connectivity index (χ1) is 8.69. The molecule has 1 aromatic rings. The normalized spacial score (nSPS) is 14.1. The van der Waals surface area contributed by atoms with Crippen LogP contribution in [0.3, 0.4) is 0 Å². The second-order valence-electron chi connectivity index (χ2n) is 3.90. The van der Waals surface area contributed by atoms with Crippen LogP contribution in [-0.4, -0.2) is 29.0 Å². The lowest BCUT2D eigenvalue weighted by atomic mass is 10.2. The molecule has 2 heterocycles. The number of halogens is 1. The van der Waals surface area contributed by atoms with E-state index in [2.05, 4.69) is 11.6 Å². The van der Waals surface area contributed by atoms with Crippen LogP contribution in [0.1, 0.15) is 5.56 Å². The van der Waals surface area contributed by atoms with Crippen LogP contribution in [0.5, 0.6) is 0 Å². The second kappa shape index (κ2) is 5.69. The number of ether oxygens (including phenoxy) is 1. The Bertz CT molecular complexity index is 482. The van der Waals surface area contributed by atoms with Gasteiger partial charge in [-0.05, 0) is 11.6 Å². The summed E-state index contributed by atoms with van der Waals surface area (Å²) < 4.78 is 4.91. The van der Waals surface area contributed by atoms with Gasteiger partial charge in [-0.3, -0.25) is 0 Å². The van der Waals surface area contributed by atoms with Gasteiger partial charge in [0.25, 0.3) is 0 Å². The first-order valence-corrected chi connectivity index (χ1v) is 5.90. The molecule has 0 N–H and O–H groups in total. The third-order valence-corrected chi connectivity index (χ3v) is 2.79. The van der Waals surface area contributed by atoms with Crippen LogP contribution in [0.25, 0.3) is 0 Å². The van der Waals surface area contributed by atoms with E-state index < -0.39 is 0 Å². The van der Waals surface area contributed by atoms with E-state index in [-0.39, 0.29) is 5.97 Å². The van der Waals surface area contributed by atoms with Crippen molar-refractivity contribution >= 4 is 17.6 Å². The van der Waals surface area contributed by atoms with Gasteiger partial charge in [-0.2, -0.15) is 0 Å². The number of carbonyl (C=O) groups excluding carboxylic acids is 1. The highest BCUT2D eigenvalue weighted by Gasteiger charge is 2.18. The zero-order valence-electron chi connectivity index (χ0n) is 9.80. The number of nitrogens with zero attached hydrogens (tertiary/aromatic N) is 2. The maximum Gasteiger partial charge on any atom is 0.333 e. The van der Waals surface area contributed by atoms with Gasteiger partial charge in [-0.25, -0.2) is 9.78 Å². The molecule has 1 aromatic heterocycles. The third-order valence-electron chi connectivity index (χ3n) is 2.56. The average Bonchev–Trinajstić information content (AvgIpc) is 2.78. The molecule has 18 heavy (non-hydrogen) atoms. The van der Waals surface area contributed by atoms with Crippen molar-refractivity contribution in [2.75, 3.05) is 13.2 Å². The molecule has 5 heteroatoms. The van der Waals surface area contributed by atoms with Crippen LogP contribution in [0.15, 0.2) is 42.8 Å². The van der Waals surface area contributed by atoms with Crippen molar-refractivity contribution in [2.24, 2.45) is 0 Å². The summed E-state index contributed by atoms with van der Waals surface area (Å²) >= 11 is 5.74. The summed E-state index contributed by atoms with van der Waals surface area (Å²) in [6.45, 7) is 5.31. The predicted molar refractivity (Wildman–Crippen MR) is 68.9 cm³/mol. The first-order valence-electron chi connectivity index (χ1n) is 5.52. The van der Waals surface area contributed by atoms with E-state index in [1.54, 1.807) is 18.3 Å². The molecule has 0 radical (unpaired) electrons. The quantitative estimate of drug-likeness (QED) is 0.464. The van der Waals surface area contributed by atoms with Crippen molar-refractivity contribution in [3.63, 3.8) is 0 Å². The highest BCUT2D eigenvalue weighted by atomic mass is 35.5. The number of pyridine rings is 1. The molecule has 0 saturated heterocycles. The Morgan fingerprint density at radius 3 is 2.94 bits per heavy atom. The van der Waals surface area contributed by atoms with E-state index in [1.807, 2.05) is 11.0 Å². The molecular weight excluding hydrogens is 252 g/mol. The van der Waals surface area contributed by atoms with Crippen molar-refractivity contribution in [2.45, 2.75) is 6.54 Å². The van der Waals surface area contributed by atoms with Gasteiger partial charge in [-0.15, -0.1) is 6.58 Å². The molecule has 0 bridgehead atoms. The second-order valence-corrected chi connectivity index (χ2v) is 4.29. The minimum atomic E-state index is -0.298. The molecule has 0 spiro atoms. The molecule has 2 rings (SSSR count). The molecule has 4 nitrogen and oxygen atoms in total. The van der Waals surface area contributed by atoms with Gasteiger partial charge in [0, 0.05) is 25.4 Å². The molecule has 0 fully saturated rings. The van der Waals surface area contributed by atoms with Crippen LogP contribution in [0.2, 0.25) is 5.15 Å². The van der Waals surface area contributed by atoms with Gasteiger partial charge in [0.1, 0.15) is 11.8 Å². The van der Waals surface area contributed by atoms with Gasteiger partial charge in [0.15, 0.2) is 0 Å². The average molecular weight is 265 g/mol. The Balaban J connectivity index is 2.11. The minimum Gasteiger partial charge on any atom is -0.456 e. The number of hydrogen-bond donors (Lipinski definition) is 0. The number of rotatable bonds is 5. The van der Waals surface area contributed by atoms with Gasteiger partial charge in [0.05, 0.1) is 5.70 Å². The van der Waals surface area contributed by atoms with Gasteiger partial charge in [0.2, 0.25) is 0 Å². The Hall–Kier alpha value is -1.81. The summed E-state index contributed by atoms with van der Waals surface area (Å²) in [4.78, 5) is 17.1. The predicted octanol–water partition coefficient (Wildman–Crippen LogP) is 2.16. The summed E-state index contributed by atoms with van der Waals surface area (Å²) in [6.07, 6.45) is 5.01. The molecule has 0 amide bonds.